The summed E-state index contributed by atoms with van der Waals surface area (Å²) in [6.45, 7) is 0. The van der Waals surface area contributed by atoms with Crippen LogP contribution in [0.2, 0.25) is 0 Å². The van der Waals surface area contributed by atoms with Gasteiger partial charge in [0.05, 0.1) is 14.2 Å². The highest BCUT2D eigenvalue weighted by atomic mass is 79.9. The molecule has 0 saturated heterocycles. The van der Waals surface area contributed by atoms with Crippen LogP contribution < -0.4 is 14.8 Å². The van der Waals surface area contributed by atoms with Gasteiger partial charge in [-0.25, -0.2) is 0 Å². The number of carbonyl (C=O) groups excluding carboxylic acids is 1. The van der Waals surface area contributed by atoms with Crippen molar-refractivity contribution in [3.05, 3.63) is 58.1 Å². The van der Waals surface area contributed by atoms with Crippen LogP contribution in [0.15, 0.2) is 52.5 Å². The van der Waals surface area contributed by atoms with E-state index < -0.39 is 5.91 Å². The summed E-state index contributed by atoms with van der Waals surface area (Å²) in [6.07, 6.45) is 1.49. The minimum atomic E-state index is -0.496. The van der Waals surface area contributed by atoms with E-state index in [1.54, 1.807) is 43.5 Å². The Balaban J connectivity index is 2.25. The molecule has 122 valence electrons. The Hall–Kier alpha value is -2.78. The minimum absolute atomic E-state index is 0.0257. The van der Waals surface area contributed by atoms with Gasteiger partial charge in [-0.3, -0.25) is 4.79 Å². The predicted octanol–water partition coefficient (Wildman–Crippen LogP) is 4.01. The molecule has 1 amide bonds. The summed E-state index contributed by atoms with van der Waals surface area (Å²) in [6, 6.07) is 14.1. The summed E-state index contributed by atoms with van der Waals surface area (Å²) in [5.41, 5.74) is 1.18. The van der Waals surface area contributed by atoms with Crippen molar-refractivity contribution in [1.82, 2.24) is 0 Å². The van der Waals surface area contributed by atoms with Crippen LogP contribution in [0.5, 0.6) is 11.5 Å². The van der Waals surface area contributed by atoms with Crippen LogP contribution in [0.1, 0.15) is 5.56 Å². The van der Waals surface area contributed by atoms with E-state index in [0.717, 1.165) is 4.47 Å². The SMILES string of the molecule is COc1ccc(NC(=O)C(C#N)=Cc2cc(Br)ccc2OC)cc1. The minimum Gasteiger partial charge on any atom is -0.497 e. The lowest BCUT2D eigenvalue weighted by atomic mass is 10.1. The maximum atomic E-state index is 12.3. The number of benzene rings is 2. The van der Waals surface area contributed by atoms with E-state index >= 15 is 0 Å². The van der Waals surface area contributed by atoms with Gasteiger partial charge in [0.15, 0.2) is 0 Å². The molecule has 24 heavy (non-hydrogen) atoms. The third-order valence-electron chi connectivity index (χ3n) is 3.20. The Bertz CT molecular complexity index is 808. The molecule has 2 aromatic rings. The van der Waals surface area contributed by atoms with Gasteiger partial charge in [-0.2, -0.15) is 5.26 Å². The summed E-state index contributed by atoms with van der Waals surface area (Å²) in [5, 5.41) is 12.0. The number of amides is 1. The van der Waals surface area contributed by atoms with E-state index in [2.05, 4.69) is 21.2 Å². The molecule has 0 aromatic heterocycles. The summed E-state index contributed by atoms with van der Waals surface area (Å²) in [7, 11) is 3.10. The van der Waals surface area contributed by atoms with E-state index in [0.29, 0.717) is 22.7 Å². The third-order valence-corrected chi connectivity index (χ3v) is 3.70. The first kappa shape index (κ1) is 17.6. The Morgan fingerprint density at radius 1 is 1.17 bits per heavy atom. The van der Waals surface area contributed by atoms with Gasteiger partial charge in [0.2, 0.25) is 0 Å². The number of carbonyl (C=O) groups is 1. The highest BCUT2D eigenvalue weighted by Gasteiger charge is 2.11. The number of anilines is 1. The number of methoxy groups -OCH3 is 2. The molecule has 6 heteroatoms. The molecular formula is C18H15BrN2O3. The average molecular weight is 387 g/mol. The lowest BCUT2D eigenvalue weighted by Crippen LogP contribution is -2.13. The fourth-order valence-corrected chi connectivity index (χ4v) is 2.37. The molecule has 0 unspecified atom stereocenters. The van der Waals surface area contributed by atoms with Crippen LogP contribution >= 0.6 is 15.9 Å². The van der Waals surface area contributed by atoms with Gasteiger partial charge in [0, 0.05) is 15.7 Å². The molecule has 0 radical (unpaired) electrons. The first-order chi connectivity index (χ1) is 11.6. The Labute approximate surface area is 148 Å². The second kappa shape index (κ2) is 8.18. The molecular weight excluding hydrogens is 372 g/mol. The molecule has 0 heterocycles. The third kappa shape index (κ3) is 4.37. The van der Waals surface area contributed by atoms with E-state index in [4.69, 9.17) is 9.47 Å². The summed E-state index contributed by atoms with van der Waals surface area (Å²) in [5.74, 6) is 0.760. The van der Waals surface area contributed by atoms with Gasteiger partial charge >= 0.3 is 0 Å². The highest BCUT2D eigenvalue weighted by molar-refractivity contribution is 9.10. The van der Waals surface area contributed by atoms with E-state index in [1.165, 1.54) is 13.2 Å². The molecule has 0 bridgehead atoms. The van der Waals surface area contributed by atoms with Gasteiger partial charge < -0.3 is 14.8 Å². The van der Waals surface area contributed by atoms with Crippen LogP contribution in [-0.4, -0.2) is 20.1 Å². The monoisotopic (exact) mass is 386 g/mol. The van der Waals surface area contributed by atoms with Crippen LogP contribution in [0.4, 0.5) is 5.69 Å². The maximum Gasteiger partial charge on any atom is 0.266 e. The molecule has 1 N–H and O–H groups in total. The number of hydrogen-bond acceptors (Lipinski definition) is 4. The van der Waals surface area contributed by atoms with Gasteiger partial charge in [0.1, 0.15) is 23.1 Å². The number of nitrogens with zero attached hydrogens (tertiary/aromatic N) is 1. The molecule has 2 rings (SSSR count). The van der Waals surface area contributed by atoms with Crippen molar-refractivity contribution in [1.29, 1.82) is 5.26 Å². The largest absolute Gasteiger partial charge is 0.497 e. The van der Waals surface area contributed by atoms with Gasteiger partial charge in [-0.05, 0) is 48.5 Å². The quantitative estimate of drug-likeness (QED) is 0.622. The van der Waals surface area contributed by atoms with Crippen LogP contribution in [0, 0.1) is 11.3 Å². The number of nitriles is 1. The number of ether oxygens (including phenoxy) is 2. The van der Waals surface area contributed by atoms with E-state index in [9.17, 15) is 10.1 Å². The lowest BCUT2D eigenvalue weighted by Gasteiger charge is -2.07. The second-order valence-corrected chi connectivity index (χ2v) is 5.65. The zero-order chi connectivity index (χ0) is 17.5. The number of nitrogens with one attached hydrogen (secondary N) is 1. The highest BCUT2D eigenvalue weighted by Crippen LogP contribution is 2.25. The zero-order valence-corrected chi connectivity index (χ0v) is 14.8. The second-order valence-electron chi connectivity index (χ2n) is 4.74. The smallest absolute Gasteiger partial charge is 0.266 e. The molecule has 0 aliphatic rings. The Morgan fingerprint density at radius 2 is 1.88 bits per heavy atom. The van der Waals surface area contributed by atoms with Crippen LogP contribution in [0.3, 0.4) is 0 Å². The molecule has 0 aliphatic heterocycles. The van der Waals surface area contributed by atoms with Gasteiger partial charge in [-0.1, -0.05) is 15.9 Å². The van der Waals surface area contributed by atoms with Crippen molar-refractivity contribution < 1.29 is 14.3 Å². The van der Waals surface area contributed by atoms with Crippen molar-refractivity contribution in [2.24, 2.45) is 0 Å². The first-order valence-electron chi connectivity index (χ1n) is 6.98. The van der Waals surface area contributed by atoms with Gasteiger partial charge in [-0.15, -0.1) is 0 Å². The van der Waals surface area contributed by atoms with Crippen molar-refractivity contribution in [2.45, 2.75) is 0 Å². The van der Waals surface area contributed by atoms with Gasteiger partial charge in [0.25, 0.3) is 5.91 Å². The number of hydrogen-bond donors (Lipinski definition) is 1. The number of rotatable bonds is 5. The Kier molecular flexibility index (Phi) is 5.99. The zero-order valence-electron chi connectivity index (χ0n) is 13.2. The fraction of sp³-hybridized carbons (Fsp3) is 0.111. The molecule has 2 aromatic carbocycles. The first-order valence-corrected chi connectivity index (χ1v) is 7.77. The van der Waals surface area contributed by atoms with Crippen molar-refractivity contribution in [3.63, 3.8) is 0 Å². The molecule has 0 atom stereocenters. The molecule has 0 aliphatic carbocycles. The molecule has 0 saturated carbocycles. The van der Waals surface area contributed by atoms with Crippen LogP contribution in [-0.2, 0) is 4.79 Å². The fourth-order valence-electron chi connectivity index (χ4n) is 1.99. The van der Waals surface area contributed by atoms with Crippen molar-refractivity contribution in [3.8, 4) is 17.6 Å². The summed E-state index contributed by atoms with van der Waals surface area (Å²) < 4.78 is 11.1. The predicted molar refractivity (Wildman–Crippen MR) is 95.9 cm³/mol. The molecule has 0 spiro atoms. The topological polar surface area (TPSA) is 71.3 Å². The Morgan fingerprint density at radius 3 is 2.46 bits per heavy atom. The van der Waals surface area contributed by atoms with Crippen LogP contribution in [0.25, 0.3) is 6.08 Å². The van der Waals surface area contributed by atoms with E-state index in [-0.39, 0.29) is 5.57 Å². The van der Waals surface area contributed by atoms with Crippen molar-refractivity contribution >= 4 is 33.6 Å². The molecule has 0 fully saturated rings. The van der Waals surface area contributed by atoms with Crippen molar-refractivity contribution in [2.75, 3.05) is 19.5 Å². The summed E-state index contributed by atoms with van der Waals surface area (Å²) >= 11 is 3.36. The normalized spacial score (nSPS) is 10.7. The molecule has 5 nitrogen and oxygen atoms in total. The lowest BCUT2D eigenvalue weighted by molar-refractivity contribution is -0.112. The standard InChI is InChI=1S/C18H15BrN2O3/c1-23-16-6-4-15(5-7-16)21-18(22)13(11-20)9-12-10-14(19)3-8-17(12)24-2/h3-10H,1-2H3,(H,21,22). The van der Waals surface area contributed by atoms with E-state index in [1.807, 2.05) is 12.1 Å². The number of halogens is 1. The maximum absolute atomic E-state index is 12.3. The average Bonchev–Trinajstić information content (AvgIpc) is 2.60. The summed E-state index contributed by atoms with van der Waals surface area (Å²) in [4.78, 5) is 12.3.